The summed E-state index contributed by atoms with van der Waals surface area (Å²) in [6.07, 6.45) is 0.0713. The number of H-pyrrole nitrogens is 1. The van der Waals surface area contributed by atoms with Gasteiger partial charge in [-0.25, -0.2) is 15.0 Å². The second kappa shape index (κ2) is 7.65. The Labute approximate surface area is 179 Å². The molecule has 0 aromatic carbocycles. The van der Waals surface area contributed by atoms with Crippen molar-refractivity contribution in [2.75, 3.05) is 18.0 Å². The third kappa shape index (κ3) is 4.57. The number of β-amino-alcohol motifs (C(OH)–C–C–N with tert-alkyl or cyclic N) is 1. The van der Waals surface area contributed by atoms with Gasteiger partial charge in [0, 0.05) is 42.5 Å². The number of carbonyl (C=O) groups is 1. The van der Waals surface area contributed by atoms with E-state index in [-0.39, 0.29) is 13.0 Å². The van der Waals surface area contributed by atoms with E-state index < -0.39 is 30.3 Å². The Balaban J connectivity index is 1.66. The molecule has 0 saturated carbocycles. The highest BCUT2D eigenvalue weighted by atomic mass is 35.5. The van der Waals surface area contributed by atoms with Crippen molar-refractivity contribution < 1.29 is 23.1 Å². The Kier molecular flexibility index (Phi) is 5.26. The number of fused-ring (bicyclic) bond motifs is 1. The second-order valence-electron chi connectivity index (χ2n) is 7.67. The van der Waals surface area contributed by atoms with Crippen molar-refractivity contribution in [3.05, 3.63) is 35.7 Å². The smallest absolute Gasteiger partial charge is 0.388 e. The number of nitrogens with zero attached hydrogens (tertiary/aromatic N) is 4. The molecule has 0 spiro atoms. The lowest BCUT2D eigenvalue weighted by molar-refractivity contribution is -0.139. The van der Waals surface area contributed by atoms with Gasteiger partial charge in [0.2, 0.25) is 5.91 Å². The molecule has 31 heavy (non-hydrogen) atoms. The molecule has 3 N–H and O–H groups in total. The zero-order valence-electron chi connectivity index (χ0n) is 16.2. The highest BCUT2D eigenvalue weighted by molar-refractivity contribution is 6.31. The van der Waals surface area contributed by atoms with Crippen molar-refractivity contribution in [3.8, 4) is 11.4 Å². The number of carbonyl (C=O) groups excluding carboxylic acids is 1. The SMILES string of the molecule is C[C@@]1(O)C[C@H](C(=O)NCC(F)(F)F)N(c2ccnc(-c3c[nH]c4ncc(Cl)cc34)n2)C1. The number of aliphatic hydroxyl groups is 1. The molecule has 1 fully saturated rings. The highest BCUT2D eigenvalue weighted by Gasteiger charge is 2.44. The van der Waals surface area contributed by atoms with Crippen LogP contribution in [0.2, 0.25) is 5.02 Å². The summed E-state index contributed by atoms with van der Waals surface area (Å²) in [4.78, 5) is 29.9. The minimum atomic E-state index is -4.53. The average molecular weight is 455 g/mol. The topological polar surface area (TPSA) is 107 Å². The number of anilines is 1. The molecule has 4 rings (SSSR count). The van der Waals surface area contributed by atoms with Crippen molar-refractivity contribution in [2.45, 2.75) is 31.2 Å². The van der Waals surface area contributed by atoms with Gasteiger partial charge in [-0.15, -0.1) is 0 Å². The fourth-order valence-corrected chi connectivity index (χ4v) is 3.81. The van der Waals surface area contributed by atoms with Crippen molar-refractivity contribution in [1.29, 1.82) is 0 Å². The first-order valence-corrected chi connectivity index (χ1v) is 9.70. The molecule has 0 aliphatic carbocycles. The molecular formula is C19H18ClF3N6O2. The first kappa shape index (κ1) is 21.3. The quantitative estimate of drug-likeness (QED) is 0.559. The Morgan fingerprint density at radius 2 is 2.23 bits per heavy atom. The number of amides is 1. The zero-order valence-corrected chi connectivity index (χ0v) is 17.0. The number of hydrogen-bond acceptors (Lipinski definition) is 6. The van der Waals surface area contributed by atoms with Gasteiger partial charge in [-0.3, -0.25) is 4.79 Å². The third-order valence-electron chi connectivity index (χ3n) is 4.96. The normalized spacial score (nSPS) is 21.6. The van der Waals surface area contributed by atoms with Gasteiger partial charge in [-0.2, -0.15) is 13.2 Å². The number of hydrogen-bond donors (Lipinski definition) is 3. The van der Waals surface area contributed by atoms with E-state index in [1.54, 1.807) is 12.3 Å². The van der Waals surface area contributed by atoms with Crippen molar-refractivity contribution in [1.82, 2.24) is 25.3 Å². The van der Waals surface area contributed by atoms with E-state index in [1.807, 2.05) is 5.32 Å². The molecule has 164 valence electrons. The molecular weight excluding hydrogens is 437 g/mol. The number of alkyl halides is 3. The largest absolute Gasteiger partial charge is 0.405 e. The van der Waals surface area contributed by atoms with Crippen molar-refractivity contribution in [3.63, 3.8) is 0 Å². The van der Waals surface area contributed by atoms with E-state index in [4.69, 9.17) is 11.6 Å². The summed E-state index contributed by atoms with van der Waals surface area (Å²) in [5.41, 5.74) is -0.0679. The van der Waals surface area contributed by atoms with E-state index in [0.717, 1.165) is 0 Å². The van der Waals surface area contributed by atoms with E-state index in [0.29, 0.717) is 33.3 Å². The third-order valence-corrected chi connectivity index (χ3v) is 5.17. The molecule has 0 bridgehead atoms. The molecule has 1 aliphatic rings. The molecule has 1 amide bonds. The number of halogens is 4. The fourth-order valence-electron chi connectivity index (χ4n) is 3.65. The lowest BCUT2D eigenvalue weighted by Crippen LogP contribution is -2.46. The summed E-state index contributed by atoms with van der Waals surface area (Å²) in [5.74, 6) is -0.216. The van der Waals surface area contributed by atoms with E-state index in [1.165, 1.54) is 30.3 Å². The molecule has 2 atom stereocenters. The molecule has 0 unspecified atom stereocenters. The van der Waals surface area contributed by atoms with Crippen LogP contribution in [0.1, 0.15) is 13.3 Å². The summed E-state index contributed by atoms with van der Waals surface area (Å²) >= 11 is 6.04. The predicted octanol–water partition coefficient (Wildman–Crippen LogP) is 2.68. The maximum atomic E-state index is 12.5. The number of aromatic nitrogens is 4. The van der Waals surface area contributed by atoms with E-state index in [2.05, 4.69) is 19.9 Å². The first-order chi connectivity index (χ1) is 14.5. The van der Waals surface area contributed by atoms with Crippen LogP contribution in [0, 0.1) is 0 Å². The number of pyridine rings is 1. The van der Waals surface area contributed by atoms with Crippen LogP contribution in [0.15, 0.2) is 30.7 Å². The number of nitrogens with one attached hydrogen (secondary N) is 2. The number of aromatic amines is 1. The number of rotatable bonds is 4. The van der Waals surface area contributed by atoms with Crippen LogP contribution in [-0.2, 0) is 4.79 Å². The van der Waals surface area contributed by atoms with Crippen LogP contribution in [0.4, 0.5) is 19.0 Å². The van der Waals surface area contributed by atoms with Gasteiger partial charge < -0.3 is 20.3 Å². The average Bonchev–Trinajstić information content (AvgIpc) is 3.25. The minimum absolute atomic E-state index is 0.0226. The van der Waals surface area contributed by atoms with Gasteiger partial charge >= 0.3 is 6.18 Å². The molecule has 0 radical (unpaired) electrons. The molecule has 3 aromatic heterocycles. The van der Waals surface area contributed by atoms with Gasteiger partial charge in [0.15, 0.2) is 5.82 Å². The van der Waals surface area contributed by atoms with Gasteiger partial charge in [-0.1, -0.05) is 11.6 Å². The fraction of sp³-hybridized carbons (Fsp3) is 0.368. The Hall–Kier alpha value is -2.92. The Bertz CT molecular complexity index is 1130. The summed E-state index contributed by atoms with van der Waals surface area (Å²) < 4.78 is 37.6. The minimum Gasteiger partial charge on any atom is -0.388 e. The van der Waals surface area contributed by atoms with Gasteiger partial charge in [0.1, 0.15) is 24.1 Å². The van der Waals surface area contributed by atoms with E-state index >= 15 is 0 Å². The molecule has 12 heteroatoms. The summed E-state index contributed by atoms with van der Waals surface area (Å²) in [5, 5.41) is 13.5. The lowest BCUT2D eigenvalue weighted by Gasteiger charge is -2.25. The summed E-state index contributed by atoms with van der Waals surface area (Å²) in [6.45, 7) is 0.0950. The molecule has 3 aromatic rings. The molecule has 4 heterocycles. The highest BCUT2D eigenvalue weighted by Crippen LogP contribution is 2.33. The summed E-state index contributed by atoms with van der Waals surface area (Å²) in [6, 6.07) is 2.23. The maximum Gasteiger partial charge on any atom is 0.405 e. The molecule has 1 aliphatic heterocycles. The van der Waals surface area contributed by atoms with Crippen LogP contribution in [0.5, 0.6) is 0 Å². The first-order valence-electron chi connectivity index (χ1n) is 9.32. The van der Waals surface area contributed by atoms with Gasteiger partial charge in [0.25, 0.3) is 0 Å². The monoisotopic (exact) mass is 454 g/mol. The van der Waals surface area contributed by atoms with Crippen LogP contribution < -0.4 is 10.2 Å². The second-order valence-corrected chi connectivity index (χ2v) is 8.10. The lowest BCUT2D eigenvalue weighted by atomic mass is 10.0. The van der Waals surface area contributed by atoms with Crippen LogP contribution in [0.25, 0.3) is 22.4 Å². The predicted molar refractivity (Wildman–Crippen MR) is 108 cm³/mol. The summed E-state index contributed by atoms with van der Waals surface area (Å²) in [7, 11) is 0. The van der Waals surface area contributed by atoms with E-state index in [9.17, 15) is 23.1 Å². The van der Waals surface area contributed by atoms with Crippen molar-refractivity contribution in [2.24, 2.45) is 0 Å². The van der Waals surface area contributed by atoms with Crippen LogP contribution in [-0.4, -0.2) is 61.9 Å². The zero-order chi connectivity index (χ0) is 22.4. The maximum absolute atomic E-state index is 12.5. The van der Waals surface area contributed by atoms with Gasteiger partial charge in [0.05, 0.1) is 10.6 Å². The molecule has 1 saturated heterocycles. The van der Waals surface area contributed by atoms with Crippen molar-refractivity contribution >= 4 is 34.4 Å². The molecule has 8 nitrogen and oxygen atoms in total. The van der Waals surface area contributed by atoms with Gasteiger partial charge in [-0.05, 0) is 19.1 Å². The Morgan fingerprint density at radius 3 is 2.97 bits per heavy atom. The van der Waals surface area contributed by atoms with Crippen LogP contribution in [0.3, 0.4) is 0 Å². The van der Waals surface area contributed by atoms with Crippen LogP contribution >= 0.6 is 11.6 Å². The standard InChI is InChI=1S/C19H18ClF3N6O2/c1-18(31)5-13(17(30)27-8-19(21,22)23)29(9-18)14-2-3-24-16(28-14)12-7-26-15-11(12)4-10(20)6-25-15/h2-4,6-7,13,31H,5,8-9H2,1H3,(H,25,26)(H,27,30)/t13-,18-/m1/s1. The Morgan fingerprint density at radius 1 is 1.45 bits per heavy atom.